The van der Waals surface area contributed by atoms with E-state index in [-0.39, 0.29) is 0 Å². The Morgan fingerprint density at radius 3 is 2.78 bits per heavy atom. The van der Waals surface area contributed by atoms with Crippen LogP contribution in [0.1, 0.15) is 17.8 Å². The van der Waals surface area contributed by atoms with Crippen molar-refractivity contribution in [2.75, 3.05) is 5.75 Å². The fourth-order valence-corrected chi connectivity index (χ4v) is 3.29. The molecule has 0 amide bonds. The second-order valence-corrected chi connectivity index (χ2v) is 6.26. The molecule has 7 heteroatoms. The highest BCUT2D eigenvalue weighted by atomic mass is 32.2. The Kier molecular flexibility index (Phi) is 5.09. The molecule has 0 saturated carbocycles. The van der Waals surface area contributed by atoms with Crippen molar-refractivity contribution in [1.29, 1.82) is 0 Å². The summed E-state index contributed by atoms with van der Waals surface area (Å²) >= 11 is 1.70. The molecular formula is C16H20N6S. The van der Waals surface area contributed by atoms with E-state index in [4.69, 9.17) is 5.73 Å². The number of hydrogen-bond acceptors (Lipinski definition) is 5. The first kappa shape index (κ1) is 15.8. The maximum atomic E-state index is 5.83. The van der Waals surface area contributed by atoms with Gasteiger partial charge in [-0.3, -0.25) is 9.25 Å². The van der Waals surface area contributed by atoms with Crippen LogP contribution in [0.2, 0.25) is 0 Å². The summed E-state index contributed by atoms with van der Waals surface area (Å²) in [7, 11) is 0. The lowest BCUT2D eigenvalue weighted by molar-refractivity contribution is 0.606. The van der Waals surface area contributed by atoms with Gasteiger partial charge in [-0.05, 0) is 31.0 Å². The van der Waals surface area contributed by atoms with Crippen LogP contribution in [-0.2, 0) is 13.1 Å². The van der Waals surface area contributed by atoms with Crippen LogP contribution < -0.4 is 5.73 Å². The van der Waals surface area contributed by atoms with Crippen LogP contribution >= 0.6 is 11.8 Å². The Bertz CT molecular complexity index is 750. The second-order valence-electron chi connectivity index (χ2n) is 5.20. The lowest BCUT2D eigenvalue weighted by atomic mass is 10.2. The van der Waals surface area contributed by atoms with Crippen LogP contribution in [0.4, 0.5) is 0 Å². The highest BCUT2D eigenvalue weighted by Crippen LogP contribution is 2.24. The van der Waals surface area contributed by atoms with Gasteiger partial charge in [-0.25, -0.2) is 0 Å². The number of rotatable bonds is 7. The van der Waals surface area contributed by atoms with Gasteiger partial charge in [-0.1, -0.05) is 30.0 Å². The fourth-order valence-electron chi connectivity index (χ4n) is 2.40. The molecule has 2 heterocycles. The van der Waals surface area contributed by atoms with Gasteiger partial charge < -0.3 is 5.73 Å². The minimum atomic E-state index is 0.370. The molecule has 2 N–H and O–H groups in total. The third-order valence-electron chi connectivity index (χ3n) is 3.56. The summed E-state index contributed by atoms with van der Waals surface area (Å²) in [6.45, 7) is 3.36. The molecular weight excluding hydrogens is 308 g/mol. The first-order valence-electron chi connectivity index (χ1n) is 7.60. The van der Waals surface area contributed by atoms with Gasteiger partial charge in [0.1, 0.15) is 0 Å². The van der Waals surface area contributed by atoms with E-state index < -0.39 is 0 Å². The number of thioether (sulfide) groups is 1. The minimum Gasteiger partial charge on any atom is -0.324 e. The highest BCUT2D eigenvalue weighted by molar-refractivity contribution is 7.99. The number of nitrogens with two attached hydrogens (primary N) is 1. The summed E-state index contributed by atoms with van der Waals surface area (Å²) < 4.78 is 4.01. The molecule has 0 aliphatic heterocycles. The molecule has 0 fully saturated rings. The van der Waals surface area contributed by atoms with Gasteiger partial charge in [-0.2, -0.15) is 5.10 Å². The molecule has 0 aliphatic carbocycles. The van der Waals surface area contributed by atoms with Crippen LogP contribution in [0.15, 0.2) is 47.9 Å². The monoisotopic (exact) mass is 328 g/mol. The number of aryl methyl sites for hydroxylation is 2. The SMILES string of the molecule is Cc1ccccc1-n1c(CN)nnc1SCCCn1cccn1. The fraction of sp³-hybridized carbons (Fsp3) is 0.312. The molecule has 0 atom stereocenters. The normalized spacial score (nSPS) is 11.0. The van der Waals surface area contributed by atoms with Crippen molar-refractivity contribution < 1.29 is 0 Å². The number of nitrogens with zero attached hydrogens (tertiary/aromatic N) is 5. The largest absolute Gasteiger partial charge is 0.324 e. The van der Waals surface area contributed by atoms with Gasteiger partial charge in [0.2, 0.25) is 0 Å². The average molecular weight is 328 g/mol. The Hall–Kier alpha value is -2.12. The maximum absolute atomic E-state index is 5.83. The predicted molar refractivity (Wildman–Crippen MR) is 91.6 cm³/mol. The van der Waals surface area contributed by atoms with Gasteiger partial charge in [0, 0.05) is 24.7 Å². The van der Waals surface area contributed by atoms with E-state index in [0.717, 1.165) is 35.4 Å². The third-order valence-corrected chi connectivity index (χ3v) is 4.58. The van der Waals surface area contributed by atoms with Gasteiger partial charge in [0.25, 0.3) is 0 Å². The maximum Gasteiger partial charge on any atom is 0.195 e. The lowest BCUT2D eigenvalue weighted by Crippen LogP contribution is -2.09. The Morgan fingerprint density at radius 2 is 2.04 bits per heavy atom. The summed E-state index contributed by atoms with van der Waals surface area (Å²) in [5, 5.41) is 13.6. The molecule has 2 aromatic heterocycles. The zero-order chi connectivity index (χ0) is 16.1. The van der Waals surface area contributed by atoms with Gasteiger partial charge >= 0.3 is 0 Å². The zero-order valence-electron chi connectivity index (χ0n) is 13.1. The van der Waals surface area contributed by atoms with Crippen LogP contribution in [-0.4, -0.2) is 30.3 Å². The van der Waals surface area contributed by atoms with E-state index in [1.54, 1.807) is 18.0 Å². The van der Waals surface area contributed by atoms with Crippen molar-refractivity contribution in [1.82, 2.24) is 24.5 Å². The topological polar surface area (TPSA) is 74.6 Å². The van der Waals surface area contributed by atoms with Gasteiger partial charge in [0.15, 0.2) is 11.0 Å². The highest BCUT2D eigenvalue weighted by Gasteiger charge is 2.14. The van der Waals surface area contributed by atoms with E-state index >= 15 is 0 Å². The standard InChI is InChI=1S/C16H20N6S/c1-13-6-2-3-7-14(13)22-15(12-17)19-20-16(22)23-11-5-10-21-9-4-8-18-21/h2-4,6-9H,5,10-12,17H2,1H3. The molecule has 0 saturated heterocycles. The first-order valence-corrected chi connectivity index (χ1v) is 8.58. The Labute approximate surface area is 139 Å². The van der Waals surface area contributed by atoms with E-state index in [1.807, 2.05) is 29.1 Å². The van der Waals surface area contributed by atoms with E-state index in [9.17, 15) is 0 Å². The Balaban J connectivity index is 1.72. The molecule has 0 radical (unpaired) electrons. The number of para-hydroxylation sites is 1. The predicted octanol–water partition coefficient (Wildman–Crippen LogP) is 2.41. The summed E-state index contributed by atoms with van der Waals surface area (Å²) in [4.78, 5) is 0. The van der Waals surface area contributed by atoms with Crippen LogP contribution in [0.5, 0.6) is 0 Å². The number of hydrogen-bond donors (Lipinski definition) is 1. The molecule has 3 rings (SSSR count). The van der Waals surface area contributed by atoms with Gasteiger partial charge in [-0.15, -0.1) is 10.2 Å². The molecule has 1 aromatic carbocycles. The van der Waals surface area contributed by atoms with Gasteiger partial charge in [0.05, 0.1) is 12.2 Å². The summed E-state index contributed by atoms with van der Waals surface area (Å²) in [5.41, 5.74) is 8.10. The number of aromatic nitrogens is 5. The summed E-state index contributed by atoms with van der Waals surface area (Å²) in [6.07, 6.45) is 4.80. The zero-order valence-corrected chi connectivity index (χ0v) is 13.9. The molecule has 3 aromatic rings. The third kappa shape index (κ3) is 3.62. The first-order chi connectivity index (χ1) is 11.3. The summed E-state index contributed by atoms with van der Waals surface area (Å²) in [6, 6.07) is 10.2. The van der Waals surface area contributed by atoms with Crippen LogP contribution in [0.25, 0.3) is 5.69 Å². The van der Waals surface area contributed by atoms with Crippen LogP contribution in [0.3, 0.4) is 0 Å². The lowest BCUT2D eigenvalue weighted by Gasteiger charge is -2.11. The quantitative estimate of drug-likeness (QED) is 0.532. The molecule has 0 aliphatic rings. The molecule has 0 spiro atoms. The molecule has 23 heavy (non-hydrogen) atoms. The van der Waals surface area contributed by atoms with E-state index in [0.29, 0.717) is 6.54 Å². The molecule has 0 unspecified atom stereocenters. The van der Waals surface area contributed by atoms with Crippen LogP contribution in [0, 0.1) is 6.92 Å². The molecule has 120 valence electrons. The van der Waals surface area contributed by atoms with Crippen molar-refractivity contribution >= 4 is 11.8 Å². The van der Waals surface area contributed by atoms with E-state index in [2.05, 4.69) is 38.9 Å². The average Bonchev–Trinajstić information content (AvgIpc) is 3.21. The Morgan fingerprint density at radius 1 is 1.17 bits per heavy atom. The van der Waals surface area contributed by atoms with E-state index in [1.165, 1.54) is 5.56 Å². The minimum absolute atomic E-state index is 0.370. The van der Waals surface area contributed by atoms with Crippen molar-refractivity contribution in [3.8, 4) is 5.69 Å². The van der Waals surface area contributed by atoms with Crippen molar-refractivity contribution in [2.24, 2.45) is 5.73 Å². The second kappa shape index (κ2) is 7.43. The van der Waals surface area contributed by atoms with Crippen molar-refractivity contribution in [3.63, 3.8) is 0 Å². The molecule has 6 nitrogen and oxygen atoms in total. The molecule has 0 bridgehead atoms. The van der Waals surface area contributed by atoms with Crippen molar-refractivity contribution in [2.45, 2.75) is 31.6 Å². The smallest absolute Gasteiger partial charge is 0.195 e. The number of benzene rings is 1. The van der Waals surface area contributed by atoms with Crippen molar-refractivity contribution in [3.05, 3.63) is 54.1 Å². The summed E-state index contributed by atoms with van der Waals surface area (Å²) in [5.74, 6) is 1.74.